The third kappa shape index (κ3) is 7.15. The first-order valence-corrected chi connectivity index (χ1v) is 12.0. The molecule has 174 valence electrons. The van der Waals surface area contributed by atoms with Crippen LogP contribution in [0.2, 0.25) is 0 Å². The topological polar surface area (TPSA) is 107 Å². The number of aliphatic hydroxyl groups is 1. The van der Waals surface area contributed by atoms with Gasteiger partial charge in [0.2, 0.25) is 0 Å². The smallest absolute Gasteiger partial charge is 0.305 e. The van der Waals surface area contributed by atoms with Gasteiger partial charge >= 0.3 is 4.87 Å². The second-order valence-corrected chi connectivity index (χ2v) is 8.81. The molecule has 1 unspecified atom stereocenters. The molecule has 0 amide bonds. The van der Waals surface area contributed by atoms with E-state index in [1.807, 2.05) is 0 Å². The van der Waals surface area contributed by atoms with Gasteiger partial charge < -0.3 is 30.6 Å². The number of phenolic OH excluding ortho intramolecular Hbond substituents is 1. The third-order valence-corrected chi connectivity index (χ3v) is 6.12. The number of hydrogen-bond acceptors (Lipinski definition) is 7. The van der Waals surface area contributed by atoms with Crippen molar-refractivity contribution < 1.29 is 14.9 Å². The molecule has 5 N–H and O–H groups in total. The van der Waals surface area contributed by atoms with E-state index in [9.17, 15) is 15.0 Å². The van der Waals surface area contributed by atoms with Crippen molar-refractivity contribution in [1.29, 1.82) is 0 Å². The van der Waals surface area contributed by atoms with Gasteiger partial charge in [0.1, 0.15) is 11.3 Å². The molecule has 0 aliphatic rings. The van der Waals surface area contributed by atoms with E-state index in [2.05, 4.69) is 46.8 Å². The van der Waals surface area contributed by atoms with Crippen molar-refractivity contribution >= 4 is 21.6 Å². The van der Waals surface area contributed by atoms with Crippen LogP contribution in [0.15, 0.2) is 41.2 Å². The van der Waals surface area contributed by atoms with E-state index in [1.54, 1.807) is 6.07 Å². The molecule has 0 radical (unpaired) electrons. The zero-order valence-electron chi connectivity index (χ0n) is 18.5. The predicted molar refractivity (Wildman–Crippen MR) is 130 cm³/mol. The maximum Gasteiger partial charge on any atom is 0.305 e. The molecule has 0 spiro atoms. The van der Waals surface area contributed by atoms with Gasteiger partial charge in [0, 0.05) is 31.9 Å². The zero-order chi connectivity index (χ0) is 22.8. The van der Waals surface area contributed by atoms with Crippen LogP contribution in [0.3, 0.4) is 0 Å². The first-order valence-electron chi connectivity index (χ1n) is 11.2. The fraction of sp³-hybridized carbons (Fsp3) is 0.458. The van der Waals surface area contributed by atoms with E-state index >= 15 is 0 Å². The van der Waals surface area contributed by atoms with Gasteiger partial charge in [-0.15, -0.1) is 0 Å². The number of aromatic nitrogens is 1. The Hall–Kier alpha value is -2.23. The molecule has 0 aliphatic carbocycles. The van der Waals surface area contributed by atoms with E-state index in [4.69, 9.17) is 4.74 Å². The van der Waals surface area contributed by atoms with Crippen LogP contribution in [0.4, 0.5) is 0 Å². The Morgan fingerprint density at radius 2 is 1.97 bits per heavy atom. The van der Waals surface area contributed by atoms with Crippen LogP contribution in [-0.4, -0.2) is 48.0 Å². The quantitative estimate of drug-likeness (QED) is 0.237. The maximum atomic E-state index is 11.6. The first-order chi connectivity index (χ1) is 15.6. The second kappa shape index (κ2) is 12.7. The van der Waals surface area contributed by atoms with E-state index in [0.717, 1.165) is 63.4 Å². The van der Waals surface area contributed by atoms with Gasteiger partial charge in [-0.2, -0.15) is 0 Å². The maximum absolute atomic E-state index is 11.6. The van der Waals surface area contributed by atoms with Crippen molar-refractivity contribution in [2.75, 3.05) is 32.8 Å². The number of aromatic amines is 1. The number of ether oxygens (including phenoxy) is 1. The zero-order valence-corrected chi connectivity index (χ0v) is 19.3. The fourth-order valence-electron chi connectivity index (χ4n) is 3.56. The lowest BCUT2D eigenvalue weighted by Gasteiger charge is -2.14. The Morgan fingerprint density at radius 1 is 1.12 bits per heavy atom. The Bertz CT molecular complexity index is 1030. The average Bonchev–Trinajstić information content (AvgIpc) is 3.19. The summed E-state index contributed by atoms with van der Waals surface area (Å²) in [6.07, 6.45) is 2.17. The minimum Gasteiger partial charge on any atom is -0.506 e. The van der Waals surface area contributed by atoms with Gasteiger partial charge in [0.25, 0.3) is 0 Å². The monoisotopic (exact) mass is 459 g/mol. The molecular weight excluding hydrogens is 426 g/mol. The summed E-state index contributed by atoms with van der Waals surface area (Å²) in [4.78, 5) is 14.0. The van der Waals surface area contributed by atoms with Gasteiger partial charge in [0.15, 0.2) is 0 Å². The van der Waals surface area contributed by atoms with Gasteiger partial charge in [-0.05, 0) is 49.5 Å². The minimum atomic E-state index is -0.763. The van der Waals surface area contributed by atoms with Gasteiger partial charge in [-0.3, -0.25) is 4.79 Å². The summed E-state index contributed by atoms with van der Waals surface area (Å²) in [5, 5.41) is 27.2. The molecule has 7 nitrogen and oxygen atoms in total. The molecule has 1 atom stereocenters. The van der Waals surface area contributed by atoms with Crippen LogP contribution in [0.25, 0.3) is 10.2 Å². The number of thiazole rings is 1. The number of phenols is 1. The van der Waals surface area contributed by atoms with Crippen LogP contribution < -0.4 is 15.5 Å². The summed E-state index contributed by atoms with van der Waals surface area (Å²) < 4.78 is 6.09. The molecule has 1 aromatic heterocycles. The van der Waals surface area contributed by atoms with Crippen LogP contribution >= 0.6 is 11.3 Å². The minimum absolute atomic E-state index is 0.0152. The predicted octanol–water partition coefficient (Wildman–Crippen LogP) is 3.07. The number of fused-ring (bicyclic) bond motifs is 1. The summed E-state index contributed by atoms with van der Waals surface area (Å²) in [6.45, 7) is 6.62. The number of benzene rings is 2. The summed E-state index contributed by atoms with van der Waals surface area (Å²) in [7, 11) is 0. The number of rotatable bonds is 14. The van der Waals surface area contributed by atoms with E-state index in [1.165, 1.54) is 17.2 Å². The molecule has 8 heteroatoms. The third-order valence-electron chi connectivity index (χ3n) is 5.19. The highest BCUT2D eigenvalue weighted by Gasteiger charge is 2.15. The Kier molecular flexibility index (Phi) is 9.70. The lowest BCUT2D eigenvalue weighted by Crippen LogP contribution is -2.24. The number of aliphatic hydroxyl groups excluding tert-OH is 1. The number of hydrogen-bond donors (Lipinski definition) is 5. The molecule has 3 rings (SSSR count). The molecule has 0 aliphatic heterocycles. The molecule has 1 heterocycles. The number of aromatic hydroxyl groups is 1. The molecule has 32 heavy (non-hydrogen) atoms. The van der Waals surface area contributed by atoms with Gasteiger partial charge in [-0.25, -0.2) is 0 Å². The highest BCUT2D eigenvalue weighted by molar-refractivity contribution is 7.16. The molecule has 2 aromatic carbocycles. The van der Waals surface area contributed by atoms with Crippen molar-refractivity contribution in [3.05, 3.63) is 62.8 Å². The number of H-pyrrole nitrogens is 1. The van der Waals surface area contributed by atoms with Gasteiger partial charge in [0.05, 0.1) is 10.8 Å². The van der Waals surface area contributed by atoms with Crippen LogP contribution in [0, 0.1) is 0 Å². The fourth-order valence-corrected chi connectivity index (χ4v) is 4.47. The van der Waals surface area contributed by atoms with Crippen molar-refractivity contribution in [1.82, 2.24) is 15.6 Å². The van der Waals surface area contributed by atoms with Crippen molar-refractivity contribution in [3.8, 4) is 5.75 Å². The second-order valence-electron chi connectivity index (χ2n) is 7.83. The SMILES string of the molecule is CCCOCCCNCc1cccc(CCNCC(O)c2ccc(O)c3[nH]c(=O)sc23)c1. The summed E-state index contributed by atoms with van der Waals surface area (Å²) in [6, 6.07) is 11.7. The normalized spacial score (nSPS) is 12.4. The molecule has 0 fully saturated rings. The molecular formula is C24H33N3O4S. The van der Waals surface area contributed by atoms with Crippen molar-refractivity contribution in [3.63, 3.8) is 0 Å². The largest absolute Gasteiger partial charge is 0.506 e. The standard InChI is InChI=1S/C24H33N3O4S/c1-2-12-31-13-4-10-25-15-18-6-3-5-17(14-18)9-11-26-16-21(29)19-7-8-20(28)22-23(19)32-24(30)27-22/h3,5-8,14,21,25-26,28-29H,2,4,9-13,15-16H2,1H3,(H,27,30). The van der Waals surface area contributed by atoms with Crippen molar-refractivity contribution in [2.45, 2.75) is 38.8 Å². The molecule has 3 aromatic rings. The van der Waals surface area contributed by atoms with Crippen LogP contribution in [-0.2, 0) is 17.7 Å². The van der Waals surface area contributed by atoms with E-state index in [0.29, 0.717) is 22.3 Å². The lowest BCUT2D eigenvalue weighted by atomic mass is 10.1. The Labute approximate surface area is 192 Å². The Morgan fingerprint density at radius 3 is 2.81 bits per heavy atom. The molecule has 0 saturated heterocycles. The first kappa shape index (κ1) is 24.4. The summed E-state index contributed by atoms with van der Waals surface area (Å²) >= 11 is 1.000. The van der Waals surface area contributed by atoms with Crippen LogP contribution in [0.5, 0.6) is 5.75 Å². The highest BCUT2D eigenvalue weighted by Crippen LogP contribution is 2.31. The molecule has 0 bridgehead atoms. The molecule has 0 saturated carbocycles. The lowest BCUT2D eigenvalue weighted by molar-refractivity contribution is 0.132. The summed E-state index contributed by atoms with van der Waals surface area (Å²) in [5.74, 6) is 0.0152. The highest BCUT2D eigenvalue weighted by atomic mass is 32.1. The Balaban J connectivity index is 1.41. The van der Waals surface area contributed by atoms with Crippen molar-refractivity contribution in [2.24, 2.45) is 0 Å². The van der Waals surface area contributed by atoms with E-state index in [-0.39, 0.29) is 10.6 Å². The van der Waals surface area contributed by atoms with E-state index < -0.39 is 6.10 Å². The average molecular weight is 460 g/mol. The van der Waals surface area contributed by atoms with Crippen LogP contribution in [0.1, 0.15) is 42.6 Å². The van der Waals surface area contributed by atoms with Gasteiger partial charge in [-0.1, -0.05) is 48.6 Å². The number of nitrogens with one attached hydrogen (secondary N) is 3. The summed E-state index contributed by atoms with van der Waals surface area (Å²) in [5.41, 5.74) is 3.52.